The second-order valence-corrected chi connectivity index (χ2v) is 6.46. The second-order valence-electron chi connectivity index (χ2n) is 5.31. The number of carbonyl (C=O) groups excluding carboxylic acids is 1. The van der Waals surface area contributed by atoms with Crippen LogP contribution in [0.15, 0.2) is 0 Å². The SMILES string of the molecule is CN(C(=O)[C@@H](N)C(C)(C)C)C1CCSC1. The third-order valence-electron chi connectivity index (χ3n) is 3.00. The quantitative estimate of drug-likeness (QED) is 0.778. The average molecular weight is 230 g/mol. The molecule has 1 aliphatic rings. The summed E-state index contributed by atoms with van der Waals surface area (Å²) in [6.45, 7) is 6.02. The highest BCUT2D eigenvalue weighted by atomic mass is 32.2. The molecule has 2 N–H and O–H groups in total. The summed E-state index contributed by atoms with van der Waals surface area (Å²) in [5, 5.41) is 0. The number of hydrogen-bond acceptors (Lipinski definition) is 3. The fourth-order valence-electron chi connectivity index (χ4n) is 1.60. The van der Waals surface area contributed by atoms with Crippen LogP contribution >= 0.6 is 11.8 Å². The van der Waals surface area contributed by atoms with Crippen LogP contribution in [-0.4, -0.2) is 41.4 Å². The Labute approximate surface area is 96.8 Å². The van der Waals surface area contributed by atoms with Crippen molar-refractivity contribution in [3.8, 4) is 0 Å². The van der Waals surface area contributed by atoms with Crippen LogP contribution in [0.4, 0.5) is 0 Å². The first-order valence-corrected chi connectivity index (χ1v) is 6.59. The Hall–Kier alpha value is -0.220. The molecule has 0 bridgehead atoms. The van der Waals surface area contributed by atoms with E-state index in [0.717, 1.165) is 17.9 Å². The highest BCUT2D eigenvalue weighted by Crippen LogP contribution is 2.24. The van der Waals surface area contributed by atoms with E-state index in [0.29, 0.717) is 6.04 Å². The van der Waals surface area contributed by atoms with E-state index in [1.54, 1.807) is 0 Å². The summed E-state index contributed by atoms with van der Waals surface area (Å²) in [6.07, 6.45) is 1.10. The number of thioether (sulfide) groups is 1. The average Bonchev–Trinajstić information content (AvgIpc) is 2.65. The molecule has 1 heterocycles. The molecule has 4 heteroatoms. The zero-order valence-corrected chi connectivity index (χ0v) is 10.9. The van der Waals surface area contributed by atoms with Gasteiger partial charge in [-0.15, -0.1) is 0 Å². The van der Waals surface area contributed by atoms with Crippen LogP contribution in [0.1, 0.15) is 27.2 Å². The first-order valence-electron chi connectivity index (χ1n) is 5.44. The molecular weight excluding hydrogens is 208 g/mol. The Bertz CT molecular complexity index is 231. The number of amides is 1. The van der Waals surface area contributed by atoms with Crippen molar-refractivity contribution in [2.24, 2.45) is 11.1 Å². The highest BCUT2D eigenvalue weighted by molar-refractivity contribution is 7.99. The standard InChI is InChI=1S/C11H22N2OS/c1-11(2,3)9(12)10(14)13(4)8-5-6-15-7-8/h8-9H,5-7,12H2,1-4H3/t8?,9-/m1/s1. The molecule has 0 aromatic rings. The molecule has 15 heavy (non-hydrogen) atoms. The van der Waals surface area contributed by atoms with Crippen LogP contribution in [0.2, 0.25) is 0 Å². The van der Waals surface area contributed by atoms with Crippen molar-refractivity contribution >= 4 is 17.7 Å². The predicted octanol–water partition coefficient (Wildman–Crippen LogP) is 1.32. The maximum atomic E-state index is 12.1. The number of nitrogens with two attached hydrogens (primary N) is 1. The first kappa shape index (κ1) is 12.8. The Kier molecular flexibility index (Phi) is 4.06. The summed E-state index contributed by atoms with van der Waals surface area (Å²) in [5.74, 6) is 2.29. The molecule has 1 rings (SSSR count). The lowest BCUT2D eigenvalue weighted by molar-refractivity contribution is -0.135. The van der Waals surface area contributed by atoms with Gasteiger partial charge in [0.25, 0.3) is 0 Å². The maximum absolute atomic E-state index is 12.1. The summed E-state index contributed by atoms with van der Waals surface area (Å²) in [6, 6.07) is -0.0102. The smallest absolute Gasteiger partial charge is 0.240 e. The van der Waals surface area contributed by atoms with Gasteiger partial charge in [-0.3, -0.25) is 4.79 Å². The van der Waals surface area contributed by atoms with Crippen molar-refractivity contribution < 1.29 is 4.79 Å². The molecule has 0 spiro atoms. The molecule has 1 amide bonds. The third-order valence-corrected chi connectivity index (χ3v) is 4.14. The van der Waals surface area contributed by atoms with E-state index in [2.05, 4.69) is 0 Å². The Morgan fingerprint density at radius 2 is 2.13 bits per heavy atom. The van der Waals surface area contributed by atoms with Crippen LogP contribution in [0.5, 0.6) is 0 Å². The number of likely N-dealkylation sites (N-methyl/N-ethyl adjacent to an activating group) is 1. The van der Waals surface area contributed by atoms with E-state index >= 15 is 0 Å². The van der Waals surface area contributed by atoms with Gasteiger partial charge in [0.05, 0.1) is 6.04 Å². The molecule has 1 fully saturated rings. The normalized spacial score (nSPS) is 23.9. The van der Waals surface area contributed by atoms with Crippen molar-refractivity contribution in [2.75, 3.05) is 18.6 Å². The molecule has 1 unspecified atom stereocenters. The molecule has 0 radical (unpaired) electrons. The number of nitrogens with zero attached hydrogens (tertiary/aromatic N) is 1. The topological polar surface area (TPSA) is 46.3 Å². The Morgan fingerprint density at radius 1 is 1.53 bits per heavy atom. The lowest BCUT2D eigenvalue weighted by Gasteiger charge is -2.32. The number of rotatable bonds is 2. The van der Waals surface area contributed by atoms with Crippen LogP contribution < -0.4 is 5.73 Å². The van der Waals surface area contributed by atoms with Gasteiger partial charge in [-0.05, 0) is 17.6 Å². The minimum absolute atomic E-state index is 0.0787. The maximum Gasteiger partial charge on any atom is 0.240 e. The predicted molar refractivity (Wildman–Crippen MR) is 65.9 cm³/mol. The Balaban J connectivity index is 2.59. The lowest BCUT2D eigenvalue weighted by Crippen LogP contribution is -2.52. The van der Waals surface area contributed by atoms with Crippen LogP contribution in [-0.2, 0) is 4.79 Å². The summed E-state index contributed by atoms with van der Waals surface area (Å²) < 4.78 is 0. The fraction of sp³-hybridized carbons (Fsp3) is 0.909. The van der Waals surface area contributed by atoms with Crippen LogP contribution in [0, 0.1) is 5.41 Å². The minimum Gasteiger partial charge on any atom is -0.341 e. The molecule has 88 valence electrons. The molecule has 1 aliphatic heterocycles. The first-order chi connectivity index (χ1) is 6.84. The van der Waals surface area contributed by atoms with Crippen molar-refractivity contribution in [1.82, 2.24) is 4.90 Å². The summed E-state index contributed by atoms with van der Waals surface area (Å²) in [7, 11) is 1.88. The largest absolute Gasteiger partial charge is 0.341 e. The van der Waals surface area contributed by atoms with E-state index in [4.69, 9.17) is 5.73 Å². The van der Waals surface area contributed by atoms with Crippen molar-refractivity contribution in [1.29, 1.82) is 0 Å². The summed E-state index contributed by atoms with van der Waals surface area (Å²) >= 11 is 1.91. The van der Waals surface area contributed by atoms with E-state index in [1.807, 2.05) is 44.5 Å². The minimum atomic E-state index is -0.395. The van der Waals surface area contributed by atoms with Crippen LogP contribution in [0.3, 0.4) is 0 Å². The van der Waals surface area contributed by atoms with Gasteiger partial charge in [-0.1, -0.05) is 20.8 Å². The fourth-order valence-corrected chi connectivity index (χ4v) is 2.87. The lowest BCUT2D eigenvalue weighted by atomic mass is 9.86. The molecule has 0 saturated carbocycles. The third kappa shape index (κ3) is 3.11. The van der Waals surface area contributed by atoms with Gasteiger partial charge >= 0.3 is 0 Å². The van der Waals surface area contributed by atoms with E-state index in [9.17, 15) is 4.79 Å². The van der Waals surface area contributed by atoms with Crippen molar-refractivity contribution in [3.63, 3.8) is 0 Å². The second kappa shape index (κ2) is 4.74. The van der Waals surface area contributed by atoms with Gasteiger partial charge in [0, 0.05) is 18.8 Å². The summed E-state index contributed by atoms with van der Waals surface area (Å²) in [5.41, 5.74) is 5.81. The zero-order chi connectivity index (χ0) is 11.6. The van der Waals surface area contributed by atoms with Gasteiger partial charge < -0.3 is 10.6 Å². The molecule has 2 atom stereocenters. The summed E-state index contributed by atoms with van der Waals surface area (Å²) in [4.78, 5) is 13.9. The van der Waals surface area contributed by atoms with Gasteiger partial charge in [0.1, 0.15) is 0 Å². The van der Waals surface area contributed by atoms with Gasteiger partial charge in [-0.2, -0.15) is 11.8 Å². The van der Waals surface area contributed by atoms with Crippen molar-refractivity contribution in [3.05, 3.63) is 0 Å². The van der Waals surface area contributed by atoms with Gasteiger partial charge in [0.2, 0.25) is 5.91 Å². The molecule has 0 aromatic carbocycles. The van der Waals surface area contributed by atoms with Crippen molar-refractivity contribution in [2.45, 2.75) is 39.3 Å². The van der Waals surface area contributed by atoms with E-state index in [1.165, 1.54) is 0 Å². The van der Waals surface area contributed by atoms with Crippen LogP contribution in [0.25, 0.3) is 0 Å². The van der Waals surface area contributed by atoms with Gasteiger partial charge in [0.15, 0.2) is 0 Å². The zero-order valence-electron chi connectivity index (χ0n) is 10.1. The molecule has 1 saturated heterocycles. The van der Waals surface area contributed by atoms with Gasteiger partial charge in [-0.25, -0.2) is 0 Å². The van der Waals surface area contributed by atoms with E-state index < -0.39 is 6.04 Å². The highest BCUT2D eigenvalue weighted by Gasteiger charge is 2.33. The van der Waals surface area contributed by atoms with E-state index in [-0.39, 0.29) is 11.3 Å². The number of carbonyl (C=O) groups is 1. The molecular formula is C11H22N2OS. The Morgan fingerprint density at radius 3 is 2.53 bits per heavy atom. The molecule has 0 aliphatic carbocycles. The molecule has 3 nitrogen and oxygen atoms in total. The number of hydrogen-bond donors (Lipinski definition) is 1. The monoisotopic (exact) mass is 230 g/mol. The molecule has 0 aromatic heterocycles.